The van der Waals surface area contributed by atoms with E-state index < -0.39 is 0 Å². The molecular weight excluding hydrogens is 432 g/mol. The quantitative estimate of drug-likeness (QED) is 0.610. The summed E-state index contributed by atoms with van der Waals surface area (Å²) in [4.78, 5) is 41.2. The lowest BCUT2D eigenvalue weighted by Crippen LogP contribution is -2.46. The summed E-state index contributed by atoms with van der Waals surface area (Å²) < 4.78 is 11.0. The van der Waals surface area contributed by atoms with Gasteiger partial charge < -0.3 is 14.4 Å². The number of carbonyl (C=O) groups is 3. The van der Waals surface area contributed by atoms with E-state index >= 15 is 0 Å². The van der Waals surface area contributed by atoms with E-state index in [0.717, 1.165) is 24.2 Å². The number of hydrogen-bond donors (Lipinski definition) is 0. The van der Waals surface area contributed by atoms with Gasteiger partial charge in [0.25, 0.3) is 5.91 Å². The first-order valence-electron chi connectivity index (χ1n) is 12.1. The van der Waals surface area contributed by atoms with Gasteiger partial charge in [0.2, 0.25) is 18.6 Å². The van der Waals surface area contributed by atoms with E-state index in [1.165, 1.54) is 11.3 Å². The first-order chi connectivity index (χ1) is 16.4. The Morgan fingerprint density at radius 1 is 0.971 bits per heavy atom. The number of nitrogens with zero attached hydrogens (tertiary/aromatic N) is 2. The van der Waals surface area contributed by atoms with Crippen LogP contribution < -0.4 is 14.4 Å². The number of hydrogen-bond acceptors (Lipinski definition) is 5. The largest absolute Gasteiger partial charge is 0.454 e. The van der Waals surface area contributed by atoms with Crippen LogP contribution >= 0.6 is 0 Å². The number of benzene rings is 2. The second-order valence-electron chi connectivity index (χ2n) is 9.63. The van der Waals surface area contributed by atoms with Crippen LogP contribution in [0.3, 0.4) is 0 Å². The molecule has 0 bridgehead atoms. The predicted octanol–water partition coefficient (Wildman–Crippen LogP) is 4.54. The Morgan fingerprint density at radius 2 is 1.68 bits per heavy atom. The Labute approximate surface area is 199 Å². The van der Waals surface area contributed by atoms with E-state index in [4.69, 9.17) is 9.47 Å². The molecule has 7 heteroatoms. The summed E-state index contributed by atoms with van der Waals surface area (Å²) in [5.74, 6) is 1.92. The Hall–Kier alpha value is -3.35. The van der Waals surface area contributed by atoms with E-state index in [1.54, 1.807) is 24.3 Å². The Bertz CT molecular complexity index is 1100. The highest BCUT2D eigenvalue weighted by atomic mass is 16.7. The van der Waals surface area contributed by atoms with Gasteiger partial charge in [-0.25, -0.2) is 0 Å². The molecule has 2 aromatic rings. The van der Waals surface area contributed by atoms with E-state index in [2.05, 4.69) is 13.8 Å². The molecule has 0 N–H and O–H groups in total. The molecule has 34 heavy (non-hydrogen) atoms. The summed E-state index contributed by atoms with van der Waals surface area (Å²) in [6.45, 7) is 5.19. The number of fused-ring (bicyclic) bond motifs is 1. The van der Waals surface area contributed by atoms with E-state index in [0.29, 0.717) is 35.4 Å². The van der Waals surface area contributed by atoms with Crippen molar-refractivity contribution in [2.45, 2.75) is 58.5 Å². The van der Waals surface area contributed by atoms with Gasteiger partial charge in [-0.3, -0.25) is 19.3 Å². The van der Waals surface area contributed by atoms with Crippen molar-refractivity contribution in [3.8, 4) is 11.5 Å². The number of ether oxygens (including phenoxy) is 2. The van der Waals surface area contributed by atoms with Crippen molar-refractivity contribution >= 4 is 23.4 Å². The van der Waals surface area contributed by atoms with Crippen LogP contribution in [0.5, 0.6) is 11.5 Å². The number of amides is 3. The second kappa shape index (κ2) is 9.12. The van der Waals surface area contributed by atoms with Gasteiger partial charge in [0, 0.05) is 31.0 Å². The average Bonchev–Trinajstić information content (AvgIpc) is 3.44. The normalized spacial score (nSPS) is 23.9. The molecule has 7 nitrogen and oxygen atoms in total. The molecule has 2 heterocycles. The first kappa shape index (κ1) is 22.4. The molecule has 3 atom stereocenters. The molecule has 5 rings (SSSR count). The van der Waals surface area contributed by atoms with Crippen LogP contribution in [0.25, 0.3) is 0 Å². The SMILES string of the molecule is CC1CCCC(N(Cc2ccc3c(c2)OCO3)C(=O)c2ccc(N3C(=O)CCC3=O)cc2)C1C. The van der Waals surface area contributed by atoms with Gasteiger partial charge in [-0.1, -0.05) is 32.8 Å². The molecule has 3 aliphatic rings. The first-order valence-corrected chi connectivity index (χ1v) is 12.1. The predicted molar refractivity (Wildman–Crippen MR) is 127 cm³/mol. The van der Waals surface area contributed by atoms with Gasteiger partial charge in [-0.15, -0.1) is 0 Å². The molecule has 1 aliphatic carbocycles. The molecule has 2 aliphatic heterocycles. The highest BCUT2D eigenvalue weighted by Crippen LogP contribution is 2.37. The molecule has 0 spiro atoms. The summed E-state index contributed by atoms with van der Waals surface area (Å²) in [5, 5.41) is 0. The lowest BCUT2D eigenvalue weighted by molar-refractivity contribution is -0.121. The van der Waals surface area contributed by atoms with Crippen molar-refractivity contribution in [1.82, 2.24) is 4.90 Å². The maximum atomic E-state index is 13.8. The van der Waals surface area contributed by atoms with E-state index in [-0.39, 0.29) is 43.4 Å². The molecular formula is C27H30N2O5. The third kappa shape index (κ3) is 4.15. The third-order valence-electron chi connectivity index (χ3n) is 7.54. The van der Waals surface area contributed by atoms with Crippen LogP contribution in [0.4, 0.5) is 5.69 Å². The number of imide groups is 1. The van der Waals surface area contributed by atoms with E-state index in [9.17, 15) is 14.4 Å². The highest BCUT2D eigenvalue weighted by molar-refractivity contribution is 6.19. The van der Waals surface area contributed by atoms with Crippen LogP contribution in [-0.4, -0.2) is 35.5 Å². The molecule has 2 aromatic carbocycles. The lowest BCUT2D eigenvalue weighted by Gasteiger charge is -2.42. The topological polar surface area (TPSA) is 76.2 Å². The number of carbonyl (C=O) groups excluding carboxylic acids is 3. The molecule has 3 unspecified atom stereocenters. The fourth-order valence-electron chi connectivity index (χ4n) is 5.35. The van der Waals surface area contributed by atoms with Gasteiger partial charge >= 0.3 is 0 Å². The van der Waals surface area contributed by atoms with Crippen molar-refractivity contribution < 1.29 is 23.9 Å². The number of rotatable bonds is 5. The third-order valence-corrected chi connectivity index (χ3v) is 7.54. The summed E-state index contributed by atoms with van der Waals surface area (Å²) >= 11 is 0. The summed E-state index contributed by atoms with van der Waals surface area (Å²) in [6.07, 6.45) is 3.72. The van der Waals surface area contributed by atoms with Crippen LogP contribution in [0.2, 0.25) is 0 Å². The highest BCUT2D eigenvalue weighted by Gasteiger charge is 2.35. The van der Waals surface area contributed by atoms with Crippen molar-refractivity contribution in [1.29, 1.82) is 0 Å². The van der Waals surface area contributed by atoms with Crippen LogP contribution in [0.15, 0.2) is 42.5 Å². The molecule has 178 valence electrons. The zero-order valence-electron chi connectivity index (χ0n) is 19.7. The van der Waals surface area contributed by atoms with Crippen molar-refractivity contribution in [2.75, 3.05) is 11.7 Å². The zero-order valence-corrected chi connectivity index (χ0v) is 19.7. The summed E-state index contributed by atoms with van der Waals surface area (Å²) in [5.41, 5.74) is 2.06. The zero-order chi connectivity index (χ0) is 23.8. The molecule has 1 saturated heterocycles. The minimum Gasteiger partial charge on any atom is -0.454 e. The smallest absolute Gasteiger partial charge is 0.254 e. The molecule has 1 saturated carbocycles. The minimum absolute atomic E-state index is 0.0470. The molecule has 0 radical (unpaired) electrons. The maximum absolute atomic E-state index is 13.8. The van der Waals surface area contributed by atoms with Crippen LogP contribution in [0, 0.1) is 11.8 Å². The summed E-state index contributed by atoms with van der Waals surface area (Å²) in [7, 11) is 0. The molecule has 3 amide bonds. The van der Waals surface area contributed by atoms with Crippen molar-refractivity contribution in [3.05, 3.63) is 53.6 Å². The van der Waals surface area contributed by atoms with Crippen molar-refractivity contribution in [2.24, 2.45) is 11.8 Å². The Morgan fingerprint density at radius 3 is 2.41 bits per heavy atom. The van der Waals surface area contributed by atoms with Gasteiger partial charge in [0.1, 0.15) is 0 Å². The fourth-order valence-corrected chi connectivity index (χ4v) is 5.35. The lowest BCUT2D eigenvalue weighted by atomic mass is 9.77. The molecule has 2 fully saturated rings. The monoisotopic (exact) mass is 462 g/mol. The average molecular weight is 463 g/mol. The van der Waals surface area contributed by atoms with Crippen LogP contribution in [-0.2, 0) is 16.1 Å². The van der Waals surface area contributed by atoms with E-state index in [1.807, 2.05) is 23.1 Å². The Balaban J connectivity index is 1.42. The van der Waals surface area contributed by atoms with Gasteiger partial charge in [-0.2, -0.15) is 0 Å². The van der Waals surface area contributed by atoms with Crippen molar-refractivity contribution in [3.63, 3.8) is 0 Å². The standard InChI is InChI=1S/C27H30N2O5/c1-17-4-3-5-22(18(17)2)28(15-19-6-11-23-24(14-19)34-16-33-23)27(32)20-7-9-21(10-8-20)29-25(30)12-13-26(29)31/h6-11,14,17-18,22H,3-5,12-13,15-16H2,1-2H3. The number of anilines is 1. The van der Waals surface area contributed by atoms with Gasteiger partial charge in [-0.05, 0) is 60.2 Å². The minimum atomic E-state index is -0.196. The van der Waals surface area contributed by atoms with Gasteiger partial charge in [0.05, 0.1) is 5.69 Å². The maximum Gasteiger partial charge on any atom is 0.254 e. The summed E-state index contributed by atoms with van der Waals surface area (Å²) in [6, 6.07) is 12.8. The van der Waals surface area contributed by atoms with Gasteiger partial charge in [0.15, 0.2) is 11.5 Å². The Kier molecular flexibility index (Phi) is 6.02. The fraction of sp³-hybridized carbons (Fsp3) is 0.444. The second-order valence-corrected chi connectivity index (χ2v) is 9.63. The molecule has 0 aromatic heterocycles. The van der Waals surface area contributed by atoms with Crippen LogP contribution in [0.1, 0.15) is 61.9 Å².